The molecule has 0 saturated heterocycles. The molecule has 0 saturated carbocycles. The van der Waals surface area contributed by atoms with Crippen molar-refractivity contribution in [2.24, 2.45) is 0 Å². The van der Waals surface area contributed by atoms with E-state index in [0.29, 0.717) is 0 Å². The first kappa shape index (κ1) is 10.5. The Morgan fingerprint density at radius 1 is 0.867 bits per heavy atom. The van der Waals surface area contributed by atoms with Crippen LogP contribution in [0, 0.1) is 6.92 Å². The molecule has 0 atom stereocenters. The first-order valence-electron chi connectivity index (χ1n) is 4.91. The zero-order chi connectivity index (χ0) is 10.7. The predicted octanol–water partition coefficient (Wildman–Crippen LogP) is 3.11. The van der Waals surface area contributed by atoms with E-state index in [4.69, 9.17) is 0 Å². The number of hydrogen-bond donors (Lipinski definition) is 0. The molecule has 0 nitrogen and oxygen atoms in total. The SMILES string of the molecule is Cc1ccccc1[C](=[Ru+])c1ccccc1. The molecule has 0 aliphatic carbocycles. The van der Waals surface area contributed by atoms with Crippen LogP contribution in [-0.4, -0.2) is 4.11 Å². The average Bonchev–Trinajstić information content (AvgIpc) is 2.30. The van der Waals surface area contributed by atoms with Gasteiger partial charge in [0.25, 0.3) is 0 Å². The van der Waals surface area contributed by atoms with Crippen molar-refractivity contribution in [3.63, 3.8) is 0 Å². The van der Waals surface area contributed by atoms with Crippen LogP contribution in [0.5, 0.6) is 0 Å². The molecule has 2 aromatic carbocycles. The molecular weight excluding hydrogens is 269 g/mol. The summed E-state index contributed by atoms with van der Waals surface area (Å²) in [6, 6.07) is 18.9. The number of aryl methyl sites for hydroxylation is 1. The summed E-state index contributed by atoms with van der Waals surface area (Å²) in [5, 5.41) is 0. The molecule has 0 N–H and O–H groups in total. The van der Waals surface area contributed by atoms with Gasteiger partial charge in [0.2, 0.25) is 0 Å². The Hall–Kier alpha value is -1.07. The fourth-order valence-electron chi connectivity index (χ4n) is 1.55. The summed E-state index contributed by atoms with van der Waals surface area (Å²) < 4.78 is 1.27. The van der Waals surface area contributed by atoms with Gasteiger partial charge in [0, 0.05) is 0 Å². The molecule has 1 heteroatoms. The molecule has 0 radical (unpaired) electrons. The maximum atomic E-state index is 2.73. The van der Waals surface area contributed by atoms with Crippen molar-refractivity contribution >= 4 is 4.11 Å². The van der Waals surface area contributed by atoms with Crippen molar-refractivity contribution in [2.45, 2.75) is 6.92 Å². The van der Waals surface area contributed by atoms with E-state index in [0.717, 1.165) is 0 Å². The first-order chi connectivity index (χ1) is 7.29. The van der Waals surface area contributed by atoms with E-state index in [1.807, 2.05) is 6.07 Å². The van der Waals surface area contributed by atoms with Crippen LogP contribution in [0.15, 0.2) is 54.6 Å². The molecule has 0 unspecified atom stereocenters. The molecular formula is C14H12Ru+. The van der Waals surface area contributed by atoms with E-state index in [-0.39, 0.29) is 0 Å². The third kappa shape index (κ3) is 2.30. The van der Waals surface area contributed by atoms with E-state index in [2.05, 4.69) is 73.3 Å². The number of benzene rings is 2. The Bertz CT molecular complexity index is 472. The normalized spacial score (nSPS) is 9.93. The molecule has 0 heterocycles. The van der Waals surface area contributed by atoms with E-state index >= 15 is 0 Å². The van der Waals surface area contributed by atoms with Crippen LogP contribution in [0.3, 0.4) is 0 Å². The molecule has 0 aromatic heterocycles. The van der Waals surface area contributed by atoms with E-state index in [1.54, 1.807) is 0 Å². The standard InChI is InChI=1S/C14H12.Ru/c1-12-7-5-6-10-14(12)11-13-8-3-2-4-9-13;/h2-10H,1H3;/q;+1. The second-order valence-electron chi connectivity index (χ2n) is 3.48. The molecule has 0 amide bonds. The minimum absolute atomic E-state index is 1.27. The van der Waals surface area contributed by atoms with Crippen LogP contribution in [0.25, 0.3) is 0 Å². The maximum absolute atomic E-state index is 2.73. The molecule has 0 spiro atoms. The average molecular weight is 281 g/mol. The van der Waals surface area contributed by atoms with Gasteiger partial charge >= 0.3 is 100 Å². The van der Waals surface area contributed by atoms with Crippen LogP contribution in [0.2, 0.25) is 0 Å². The van der Waals surface area contributed by atoms with Gasteiger partial charge in [-0.05, 0) is 0 Å². The molecule has 0 aliphatic rings. The third-order valence-electron chi connectivity index (χ3n) is 2.40. The van der Waals surface area contributed by atoms with Crippen molar-refractivity contribution in [3.8, 4) is 0 Å². The van der Waals surface area contributed by atoms with Crippen LogP contribution in [0.4, 0.5) is 0 Å². The fourth-order valence-corrected chi connectivity index (χ4v) is 2.33. The van der Waals surface area contributed by atoms with Gasteiger partial charge in [0.15, 0.2) is 0 Å². The van der Waals surface area contributed by atoms with E-state index < -0.39 is 0 Å². The second-order valence-corrected chi connectivity index (χ2v) is 4.35. The Labute approximate surface area is 100 Å². The summed E-state index contributed by atoms with van der Waals surface area (Å²) in [6.45, 7) is 2.14. The van der Waals surface area contributed by atoms with Gasteiger partial charge in [-0.3, -0.25) is 0 Å². The second kappa shape index (κ2) is 4.64. The quantitative estimate of drug-likeness (QED) is 0.742. The summed E-state index contributed by atoms with van der Waals surface area (Å²) in [5.74, 6) is 0. The zero-order valence-electron chi connectivity index (χ0n) is 8.55. The zero-order valence-corrected chi connectivity index (χ0v) is 10.3. The minimum atomic E-state index is 1.27. The first-order valence-corrected chi connectivity index (χ1v) is 5.78. The van der Waals surface area contributed by atoms with Gasteiger partial charge in [0.05, 0.1) is 0 Å². The summed E-state index contributed by atoms with van der Waals surface area (Å²) in [4.78, 5) is 0. The van der Waals surface area contributed by atoms with E-state index in [9.17, 15) is 0 Å². The molecule has 75 valence electrons. The third-order valence-corrected chi connectivity index (χ3v) is 3.37. The van der Waals surface area contributed by atoms with Crippen LogP contribution in [0.1, 0.15) is 16.7 Å². The summed E-state index contributed by atoms with van der Waals surface area (Å²) in [7, 11) is 0. The monoisotopic (exact) mass is 282 g/mol. The van der Waals surface area contributed by atoms with Gasteiger partial charge < -0.3 is 0 Å². The molecule has 2 rings (SSSR count). The molecule has 15 heavy (non-hydrogen) atoms. The molecule has 0 aliphatic heterocycles. The fraction of sp³-hybridized carbons (Fsp3) is 0.0714. The Kier molecular flexibility index (Phi) is 3.23. The van der Waals surface area contributed by atoms with Crippen molar-refractivity contribution in [2.75, 3.05) is 0 Å². The number of hydrogen-bond acceptors (Lipinski definition) is 0. The summed E-state index contributed by atoms with van der Waals surface area (Å²) >= 11 is 2.73. The molecule has 0 fully saturated rings. The molecule has 0 bridgehead atoms. The predicted molar refractivity (Wildman–Crippen MR) is 60.8 cm³/mol. The Morgan fingerprint density at radius 3 is 2.13 bits per heavy atom. The van der Waals surface area contributed by atoms with Gasteiger partial charge in [-0.15, -0.1) is 0 Å². The summed E-state index contributed by atoms with van der Waals surface area (Å²) in [6.07, 6.45) is 0. The van der Waals surface area contributed by atoms with Gasteiger partial charge in [0.1, 0.15) is 0 Å². The van der Waals surface area contributed by atoms with Crippen LogP contribution < -0.4 is 0 Å². The number of rotatable bonds is 2. The Morgan fingerprint density at radius 2 is 1.47 bits per heavy atom. The van der Waals surface area contributed by atoms with Crippen LogP contribution in [-0.2, 0) is 17.9 Å². The van der Waals surface area contributed by atoms with Crippen molar-refractivity contribution in [3.05, 3.63) is 71.3 Å². The Balaban J connectivity index is 2.42. The van der Waals surface area contributed by atoms with Gasteiger partial charge in [-0.1, -0.05) is 0 Å². The van der Waals surface area contributed by atoms with Crippen molar-refractivity contribution in [1.29, 1.82) is 0 Å². The van der Waals surface area contributed by atoms with Gasteiger partial charge in [-0.25, -0.2) is 0 Å². The van der Waals surface area contributed by atoms with E-state index in [1.165, 1.54) is 20.8 Å². The van der Waals surface area contributed by atoms with Crippen LogP contribution >= 0.6 is 0 Å². The van der Waals surface area contributed by atoms with Crippen molar-refractivity contribution in [1.82, 2.24) is 0 Å². The van der Waals surface area contributed by atoms with Gasteiger partial charge in [-0.2, -0.15) is 0 Å². The van der Waals surface area contributed by atoms with Crippen molar-refractivity contribution < 1.29 is 17.9 Å². The molecule has 2 aromatic rings. The topological polar surface area (TPSA) is 0 Å². The summed E-state index contributed by atoms with van der Waals surface area (Å²) in [5.41, 5.74) is 3.89.